The van der Waals surface area contributed by atoms with Crippen LogP contribution in [-0.2, 0) is 4.79 Å². The molecule has 0 saturated heterocycles. The number of ether oxygens (including phenoxy) is 1. The van der Waals surface area contributed by atoms with Gasteiger partial charge in [0.2, 0.25) is 0 Å². The van der Waals surface area contributed by atoms with Gasteiger partial charge in [-0.2, -0.15) is 0 Å². The van der Waals surface area contributed by atoms with Gasteiger partial charge in [-0.25, -0.2) is 13.6 Å². The molecule has 0 bridgehead atoms. The molecule has 0 aliphatic heterocycles. The summed E-state index contributed by atoms with van der Waals surface area (Å²) in [5.41, 5.74) is 0. The van der Waals surface area contributed by atoms with Crippen LogP contribution in [0.3, 0.4) is 0 Å². The van der Waals surface area contributed by atoms with Crippen molar-refractivity contribution >= 4 is 5.97 Å². The van der Waals surface area contributed by atoms with Gasteiger partial charge in [-0.1, -0.05) is 6.08 Å². The van der Waals surface area contributed by atoms with E-state index in [4.69, 9.17) is 0 Å². The number of hydrogen-bond donors (Lipinski definition) is 0. The van der Waals surface area contributed by atoms with Crippen molar-refractivity contribution < 1.29 is 18.3 Å². The lowest BCUT2D eigenvalue weighted by molar-refractivity contribution is -0.129. The molecule has 14 heavy (non-hydrogen) atoms. The Hall–Kier alpha value is -1.71. The number of halogens is 2. The summed E-state index contributed by atoms with van der Waals surface area (Å²) in [5.74, 6) is -2.59. The van der Waals surface area contributed by atoms with Crippen LogP contribution in [0, 0.1) is 11.6 Å². The fourth-order valence-electron chi connectivity index (χ4n) is 0.836. The Morgan fingerprint density at radius 3 is 2.71 bits per heavy atom. The molecule has 2 nitrogen and oxygen atoms in total. The summed E-state index contributed by atoms with van der Waals surface area (Å²) in [6.45, 7) is 1.63. The molecule has 74 valence electrons. The van der Waals surface area contributed by atoms with E-state index in [1.165, 1.54) is 6.08 Å². The van der Waals surface area contributed by atoms with Gasteiger partial charge in [0.25, 0.3) is 0 Å². The molecule has 0 fully saturated rings. The van der Waals surface area contributed by atoms with Gasteiger partial charge in [0.05, 0.1) is 0 Å². The van der Waals surface area contributed by atoms with Gasteiger partial charge in [-0.05, 0) is 19.1 Å². The Labute approximate surface area is 79.8 Å². The van der Waals surface area contributed by atoms with Crippen LogP contribution in [0.5, 0.6) is 5.75 Å². The molecule has 0 heterocycles. The Morgan fingerprint density at radius 1 is 1.43 bits per heavy atom. The summed E-state index contributed by atoms with van der Waals surface area (Å²) in [6.07, 6.45) is 2.60. The zero-order valence-corrected chi connectivity index (χ0v) is 7.46. The standard InChI is InChI=1S/C10H8F2O2/c1-2-3-10(13)14-9-5-4-7(11)6-8(9)12/h2-6H,1H3/b3-2+. The molecule has 0 aromatic heterocycles. The topological polar surface area (TPSA) is 26.3 Å². The maximum atomic E-state index is 12.9. The van der Waals surface area contributed by atoms with Gasteiger partial charge in [0.1, 0.15) is 5.82 Å². The lowest BCUT2D eigenvalue weighted by Crippen LogP contribution is -2.05. The second-order valence-electron chi connectivity index (χ2n) is 2.50. The number of esters is 1. The molecular formula is C10H8F2O2. The summed E-state index contributed by atoms with van der Waals surface area (Å²) in [7, 11) is 0. The first-order chi connectivity index (χ1) is 6.63. The summed E-state index contributed by atoms with van der Waals surface area (Å²) < 4.78 is 29.9. The SMILES string of the molecule is C/C=C/C(=O)Oc1ccc(F)cc1F. The molecule has 1 aromatic carbocycles. The van der Waals surface area contributed by atoms with E-state index in [-0.39, 0.29) is 5.75 Å². The van der Waals surface area contributed by atoms with Gasteiger partial charge in [-0.15, -0.1) is 0 Å². The van der Waals surface area contributed by atoms with Crippen molar-refractivity contribution in [3.63, 3.8) is 0 Å². The molecule has 1 aromatic rings. The van der Waals surface area contributed by atoms with Crippen molar-refractivity contribution in [2.45, 2.75) is 6.92 Å². The van der Waals surface area contributed by atoms with Crippen LogP contribution in [0.15, 0.2) is 30.4 Å². The zero-order valence-electron chi connectivity index (χ0n) is 7.46. The first-order valence-corrected chi connectivity index (χ1v) is 3.93. The minimum absolute atomic E-state index is 0.283. The first-order valence-electron chi connectivity index (χ1n) is 3.93. The van der Waals surface area contributed by atoms with E-state index >= 15 is 0 Å². The fraction of sp³-hybridized carbons (Fsp3) is 0.100. The highest BCUT2D eigenvalue weighted by molar-refractivity contribution is 5.83. The number of hydrogen-bond acceptors (Lipinski definition) is 2. The van der Waals surface area contributed by atoms with E-state index in [1.807, 2.05) is 0 Å². The van der Waals surface area contributed by atoms with Crippen molar-refractivity contribution in [2.75, 3.05) is 0 Å². The minimum Gasteiger partial charge on any atom is -0.420 e. The Bertz CT molecular complexity index is 372. The maximum Gasteiger partial charge on any atom is 0.335 e. The van der Waals surface area contributed by atoms with Crippen LogP contribution < -0.4 is 4.74 Å². The molecule has 0 amide bonds. The predicted molar refractivity (Wildman–Crippen MR) is 46.8 cm³/mol. The third-order valence-corrected chi connectivity index (χ3v) is 1.41. The maximum absolute atomic E-state index is 12.9. The summed E-state index contributed by atoms with van der Waals surface area (Å²) in [5, 5.41) is 0. The van der Waals surface area contributed by atoms with E-state index in [9.17, 15) is 13.6 Å². The zero-order chi connectivity index (χ0) is 10.6. The number of allylic oxidation sites excluding steroid dienone is 1. The summed E-state index contributed by atoms with van der Waals surface area (Å²) in [6, 6.07) is 2.73. The highest BCUT2D eigenvalue weighted by atomic mass is 19.1. The van der Waals surface area contributed by atoms with Crippen LogP contribution >= 0.6 is 0 Å². The van der Waals surface area contributed by atoms with Gasteiger partial charge < -0.3 is 4.74 Å². The van der Waals surface area contributed by atoms with E-state index in [0.29, 0.717) is 6.07 Å². The molecule has 4 heteroatoms. The van der Waals surface area contributed by atoms with Crippen molar-refractivity contribution in [2.24, 2.45) is 0 Å². The third kappa shape index (κ3) is 2.65. The quantitative estimate of drug-likeness (QED) is 0.414. The number of carbonyl (C=O) groups excluding carboxylic acids is 1. The van der Waals surface area contributed by atoms with Crippen LogP contribution in [-0.4, -0.2) is 5.97 Å². The van der Waals surface area contributed by atoms with E-state index in [1.54, 1.807) is 6.92 Å². The number of carbonyl (C=O) groups is 1. The Kier molecular flexibility index (Phi) is 3.34. The lowest BCUT2D eigenvalue weighted by atomic mass is 10.3. The van der Waals surface area contributed by atoms with Crippen molar-refractivity contribution in [1.82, 2.24) is 0 Å². The van der Waals surface area contributed by atoms with Crippen molar-refractivity contribution in [3.8, 4) is 5.75 Å². The van der Waals surface area contributed by atoms with Crippen LogP contribution in [0.4, 0.5) is 8.78 Å². The molecule has 0 radical (unpaired) electrons. The average molecular weight is 198 g/mol. The highest BCUT2D eigenvalue weighted by Crippen LogP contribution is 2.17. The molecule has 0 aliphatic carbocycles. The monoisotopic (exact) mass is 198 g/mol. The molecule has 0 atom stereocenters. The lowest BCUT2D eigenvalue weighted by Gasteiger charge is -2.01. The van der Waals surface area contributed by atoms with Gasteiger partial charge >= 0.3 is 5.97 Å². The third-order valence-electron chi connectivity index (χ3n) is 1.41. The second kappa shape index (κ2) is 4.50. The predicted octanol–water partition coefficient (Wildman–Crippen LogP) is 2.45. The molecule has 0 N–H and O–H groups in total. The van der Waals surface area contributed by atoms with E-state index in [0.717, 1.165) is 18.2 Å². The van der Waals surface area contributed by atoms with E-state index in [2.05, 4.69) is 4.74 Å². The van der Waals surface area contributed by atoms with Gasteiger partial charge in [0.15, 0.2) is 11.6 Å². The molecule has 0 unspecified atom stereocenters. The molecule has 0 aliphatic rings. The Morgan fingerprint density at radius 2 is 2.14 bits per heavy atom. The highest BCUT2D eigenvalue weighted by Gasteiger charge is 2.07. The number of rotatable bonds is 2. The van der Waals surface area contributed by atoms with E-state index < -0.39 is 17.6 Å². The smallest absolute Gasteiger partial charge is 0.335 e. The van der Waals surface area contributed by atoms with Crippen LogP contribution in [0.25, 0.3) is 0 Å². The normalized spacial score (nSPS) is 10.5. The molecule has 1 rings (SSSR count). The summed E-state index contributed by atoms with van der Waals surface area (Å²) in [4.78, 5) is 10.9. The Balaban J connectivity index is 2.82. The average Bonchev–Trinajstić information content (AvgIpc) is 2.10. The molecular weight excluding hydrogens is 190 g/mol. The van der Waals surface area contributed by atoms with Crippen molar-refractivity contribution in [3.05, 3.63) is 42.0 Å². The molecule has 0 spiro atoms. The van der Waals surface area contributed by atoms with Crippen LogP contribution in [0.1, 0.15) is 6.92 Å². The second-order valence-corrected chi connectivity index (χ2v) is 2.50. The summed E-state index contributed by atoms with van der Waals surface area (Å²) >= 11 is 0. The van der Waals surface area contributed by atoms with Crippen molar-refractivity contribution in [1.29, 1.82) is 0 Å². The van der Waals surface area contributed by atoms with Gasteiger partial charge in [-0.3, -0.25) is 0 Å². The van der Waals surface area contributed by atoms with Crippen LogP contribution in [0.2, 0.25) is 0 Å². The van der Waals surface area contributed by atoms with Gasteiger partial charge in [0, 0.05) is 12.1 Å². The fourth-order valence-corrected chi connectivity index (χ4v) is 0.836. The minimum atomic E-state index is -0.900. The molecule has 0 saturated carbocycles. The number of benzene rings is 1. The first kappa shape index (κ1) is 10.4. The largest absolute Gasteiger partial charge is 0.420 e.